The minimum Gasteiger partial charge on any atom is -0.395 e. The second-order valence-corrected chi connectivity index (χ2v) is 3.97. The Hall–Kier alpha value is -1.55. The van der Waals surface area contributed by atoms with E-state index in [-0.39, 0.29) is 6.61 Å². The van der Waals surface area contributed by atoms with Crippen molar-refractivity contribution in [1.29, 1.82) is 0 Å². The van der Waals surface area contributed by atoms with Gasteiger partial charge in [-0.1, -0.05) is 31.2 Å². The summed E-state index contributed by atoms with van der Waals surface area (Å²) in [5, 5.41) is 15.0. The van der Waals surface area contributed by atoms with Gasteiger partial charge in [0.05, 0.1) is 13.2 Å². The summed E-state index contributed by atoms with van der Waals surface area (Å²) < 4.78 is 0. The molecule has 0 amide bonds. The zero-order valence-corrected chi connectivity index (χ0v) is 11.2. The van der Waals surface area contributed by atoms with Crippen LogP contribution in [0.4, 0.5) is 0 Å². The fourth-order valence-corrected chi connectivity index (χ4v) is 1.74. The maximum absolute atomic E-state index is 8.81. The van der Waals surface area contributed by atoms with Gasteiger partial charge in [-0.15, -0.1) is 0 Å². The average Bonchev–Trinajstić information content (AvgIpc) is 2.42. The highest BCUT2D eigenvalue weighted by molar-refractivity contribution is 5.79. The number of hydrogen-bond donors (Lipinski definition) is 3. The SMILES string of the molecule is CCNC(=NCc1ccccc1CC)NCCO. The molecule has 0 aromatic heterocycles. The molecule has 0 saturated carbocycles. The monoisotopic (exact) mass is 249 g/mol. The molecule has 3 N–H and O–H groups in total. The van der Waals surface area contributed by atoms with Crippen molar-refractivity contribution in [3.63, 3.8) is 0 Å². The van der Waals surface area contributed by atoms with Gasteiger partial charge in [0.1, 0.15) is 0 Å². The molecule has 0 bridgehead atoms. The molecule has 4 heteroatoms. The lowest BCUT2D eigenvalue weighted by Crippen LogP contribution is -2.38. The molecule has 0 fully saturated rings. The van der Waals surface area contributed by atoms with Gasteiger partial charge in [-0.05, 0) is 24.5 Å². The van der Waals surface area contributed by atoms with Gasteiger partial charge < -0.3 is 15.7 Å². The fraction of sp³-hybridized carbons (Fsp3) is 0.500. The molecule has 1 rings (SSSR count). The lowest BCUT2D eigenvalue weighted by Gasteiger charge is -2.11. The molecule has 0 aliphatic heterocycles. The first-order valence-electron chi connectivity index (χ1n) is 6.51. The van der Waals surface area contributed by atoms with E-state index in [9.17, 15) is 0 Å². The third kappa shape index (κ3) is 4.75. The molecular weight excluding hydrogens is 226 g/mol. The molecule has 1 aromatic carbocycles. The predicted molar refractivity (Wildman–Crippen MR) is 75.7 cm³/mol. The number of hydrogen-bond acceptors (Lipinski definition) is 2. The quantitative estimate of drug-likeness (QED) is 0.526. The number of nitrogens with zero attached hydrogens (tertiary/aromatic N) is 1. The first-order chi connectivity index (χ1) is 8.81. The van der Waals surface area contributed by atoms with Crippen LogP contribution >= 0.6 is 0 Å². The van der Waals surface area contributed by atoms with E-state index in [1.54, 1.807) is 0 Å². The summed E-state index contributed by atoms with van der Waals surface area (Å²) in [6.07, 6.45) is 1.02. The van der Waals surface area contributed by atoms with E-state index in [0.29, 0.717) is 13.1 Å². The van der Waals surface area contributed by atoms with Gasteiger partial charge in [-0.3, -0.25) is 0 Å². The second kappa shape index (κ2) is 8.53. The van der Waals surface area contributed by atoms with Crippen LogP contribution in [-0.4, -0.2) is 30.8 Å². The topological polar surface area (TPSA) is 56.7 Å². The van der Waals surface area contributed by atoms with E-state index in [4.69, 9.17) is 5.11 Å². The van der Waals surface area contributed by atoms with Gasteiger partial charge in [0.2, 0.25) is 0 Å². The van der Waals surface area contributed by atoms with Crippen LogP contribution in [0.2, 0.25) is 0 Å². The van der Waals surface area contributed by atoms with E-state index in [1.165, 1.54) is 11.1 Å². The Morgan fingerprint density at radius 1 is 1.17 bits per heavy atom. The molecule has 4 nitrogen and oxygen atoms in total. The van der Waals surface area contributed by atoms with Crippen molar-refractivity contribution in [3.8, 4) is 0 Å². The Morgan fingerprint density at radius 3 is 2.50 bits per heavy atom. The first-order valence-corrected chi connectivity index (χ1v) is 6.51. The molecule has 0 radical (unpaired) electrons. The molecule has 0 spiro atoms. The zero-order chi connectivity index (χ0) is 13.2. The Balaban J connectivity index is 2.68. The van der Waals surface area contributed by atoms with Gasteiger partial charge in [0, 0.05) is 13.1 Å². The van der Waals surface area contributed by atoms with Gasteiger partial charge in [0.15, 0.2) is 5.96 Å². The summed E-state index contributed by atoms with van der Waals surface area (Å²) >= 11 is 0. The number of aryl methyl sites for hydroxylation is 1. The molecule has 0 unspecified atom stereocenters. The van der Waals surface area contributed by atoms with Crippen LogP contribution in [0.5, 0.6) is 0 Å². The maximum Gasteiger partial charge on any atom is 0.191 e. The normalized spacial score (nSPS) is 11.4. The summed E-state index contributed by atoms with van der Waals surface area (Å²) in [5.41, 5.74) is 2.58. The minimum atomic E-state index is 0.107. The number of nitrogens with one attached hydrogen (secondary N) is 2. The van der Waals surface area contributed by atoms with E-state index < -0.39 is 0 Å². The van der Waals surface area contributed by atoms with Gasteiger partial charge >= 0.3 is 0 Å². The van der Waals surface area contributed by atoms with Crippen molar-refractivity contribution in [2.45, 2.75) is 26.8 Å². The molecule has 0 aliphatic carbocycles. The van der Waals surface area contributed by atoms with E-state index in [2.05, 4.69) is 40.7 Å². The average molecular weight is 249 g/mol. The van der Waals surface area contributed by atoms with Crippen molar-refractivity contribution in [3.05, 3.63) is 35.4 Å². The van der Waals surface area contributed by atoms with Crippen LogP contribution in [0.25, 0.3) is 0 Å². The third-order valence-electron chi connectivity index (χ3n) is 2.66. The maximum atomic E-state index is 8.81. The molecule has 0 aliphatic rings. The second-order valence-electron chi connectivity index (χ2n) is 3.97. The lowest BCUT2D eigenvalue weighted by atomic mass is 10.1. The van der Waals surface area contributed by atoms with E-state index in [1.807, 2.05) is 13.0 Å². The zero-order valence-electron chi connectivity index (χ0n) is 11.2. The number of aliphatic hydroxyl groups excluding tert-OH is 1. The highest BCUT2D eigenvalue weighted by Gasteiger charge is 2.00. The Labute approximate surface area is 109 Å². The molecular formula is C14H23N3O. The van der Waals surface area contributed by atoms with Crippen molar-refractivity contribution < 1.29 is 5.11 Å². The van der Waals surface area contributed by atoms with Gasteiger partial charge in [-0.2, -0.15) is 0 Å². The highest BCUT2D eigenvalue weighted by atomic mass is 16.3. The summed E-state index contributed by atoms with van der Waals surface area (Å²) in [6.45, 7) is 6.27. The molecule has 0 heterocycles. The van der Waals surface area contributed by atoms with Crippen LogP contribution in [0, 0.1) is 0 Å². The Morgan fingerprint density at radius 2 is 1.89 bits per heavy atom. The van der Waals surface area contributed by atoms with E-state index in [0.717, 1.165) is 18.9 Å². The smallest absolute Gasteiger partial charge is 0.191 e. The van der Waals surface area contributed by atoms with Crippen molar-refractivity contribution in [2.24, 2.45) is 4.99 Å². The van der Waals surface area contributed by atoms with Crippen molar-refractivity contribution in [2.75, 3.05) is 19.7 Å². The highest BCUT2D eigenvalue weighted by Crippen LogP contribution is 2.10. The number of rotatable bonds is 6. The van der Waals surface area contributed by atoms with Crippen molar-refractivity contribution in [1.82, 2.24) is 10.6 Å². The van der Waals surface area contributed by atoms with E-state index >= 15 is 0 Å². The summed E-state index contributed by atoms with van der Waals surface area (Å²) in [6, 6.07) is 8.34. The Kier molecular flexibility index (Phi) is 6.87. The first kappa shape index (κ1) is 14.5. The van der Waals surface area contributed by atoms with Crippen LogP contribution in [0.1, 0.15) is 25.0 Å². The van der Waals surface area contributed by atoms with Crippen LogP contribution in [-0.2, 0) is 13.0 Å². The van der Waals surface area contributed by atoms with Crippen LogP contribution < -0.4 is 10.6 Å². The summed E-state index contributed by atoms with van der Waals surface area (Å²) in [7, 11) is 0. The molecule has 1 aromatic rings. The molecule has 100 valence electrons. The lowest BCUT2D eigenvalue weighted by molar-refractivity contribution is 0.300. The number of guanidine groups is 1. The third-order valence-corrected chi connectivity index (χ3v) is 2.66. The Bertz CT molecular complexity index is 377. The molecule has 0 atom stereocenters. The van der Waals surface area contributed by atoms with Gasteiger partial charge in [-0.25, -0.2) is 4.99 Å². The van der Waals surface area contributed by atoms with Crippen LogP contribution in [0.15, 0.2) is 29.3 Å². The summed E-state index contributed by atoms with van der Waals surface area (Å²) in [4.78, 5) is 4.51. The van der Waals surface area contributed by atoms with Crippen molar-refractivity contribution >= 4 is 5.96 Å². The number of aliphatic hydroxyl groups is 1. The van der Waals surface area contributed by atoms with Gasteiger partial charge in [0.25, 0.3) is 0 Å². The predicted octanol–water partition coefficient (Wildman–Crippen LogP) is 1.30. The fourth-order valence-electron chi connectivity index (χ4n) is 1.74. The largest absolute Gasteiger partial charge is 0.395 e. The number of aliphatic imine (C=N–C) groups is 1. The minimum absolute atomic E-state index is 0.107. The van der Waals surface area contributed by atoms with Crippen LogP contribution in [0.3, 0.4) is 0 Å². The number of benzene rings is 1. The standard InChI is InChI=1S/C14H23N3O/c1-3-12-7-5-6-8-13(12)11-17-14(15-4-2)16-9-10-18/h5-8,18H,3-4,9-11H2,1-2H3,(H2,15,16,17). The molecule has 0 saturated heterocycles. The molecule has 18 heavy (non-hydrogen) atoms. The summed E-state index contributed by atoms with van der Waals surface area (Å²) in [5.74, 6) is 0.748.